The van der Waals surface area contributed by atoms with Gasteiger partial charge >= 0.3 is 0 Å². The molecule has 8 heteroatoms. The Labute approximate surface area is 174 Å². The minimum atomic E-state index is -0.471. The molecule has 0 fully saturated rings. The van der Waals surface area contributed by atoms with Gasteiger partial charge in [0.25, 0.3) is 17.5 Å². The van der Waals surface area contributed by atoms with E-state index in [1.807, 2.05) is 0 Å². The van der Waals surface area contributed by atoms with Crippen LogP contribution in [0.1, 0.15) is 41.0 Å². The number of hydrogen-bond donors (Lipinski definition) is 1. The lowest BCUT2D eigenvalue weighted by Gasteiger charge is -2.12. The van der Waals surface area contributed by atoms with E-state index in [1.54, 1.807) is 50.5 Å². The molecule has 0 aliphatic rings. The zero-order chi connectivity index (χ0) is 21.6. The normalized spacial score (nSPS) is 10.7. The SMILES string of the molecule is CC(C)CCSc1ccc(C(=O)Nc2cccc(C(=O)N(C)C)c2)cc1[N+](=O)[O-]. The number of anilines is 1. The molecular formula is C21H25N3O4S. The van der Waals surface area contributed by atoms with Gasteiger partial charge in [0.05, 0.1) is 9.82 Å². The summed E-state index contributed by atoms with van der Waals surface area (Å²) in [6, 6.07) is 11.1. The van der Waals surface area contributed by atoms with Gasteiger partial charge in [-0.2, -0.15) is 0 Å². The number of thioether (sulfide) groups is 1. The third-order valence-corrected chi connectivity index (χ3v) is 5.24. The highest BCUT2D eigenvalue weighted by Gasteiger charge is 2.18. The van der Waals surface area contributed by atoms with Crippen LogP contribution in [0.4, 0.5) is 11.4 Å². The molecule has 0 radical (unpaired) electrons. The predicted molar refractivity (Wildman–Crippen MR) is 116 cm³/mol. The molecule has 2 aromatic rings. The first-order valence-corrected chi connectivity index (χ1v) is 10.2. The van der Waals surface area contributed by atoms with E-state index in [9.17, 15) is 19.7 Å². The summed E-state index contributed by atoms with van der Waals surface area (Å²) >= 11 is 1.42. The molecule has 0 saturated carbocycles. The van der Waals surface area contributed by atoms with Crippen molar-refractivity contribution in [1.82, 2.24) is 4.90 Å². The van der Waals surface area contributed by atoms with Crippen LogP contribution in [0.2, 0.25) is 0 Å². The van der Waals surface area contributed by atoms with Crippen molar-refractivity contribution in [2.24, 2.45) is 5.92 Å². The highest BCUT2D eigenvalue weighted by molar-refractivity contribution is 7.99. The van der Waals surface area contributed by atoms with Crippen LogP contribution in [0, 0.1) is 16.0 Å². The van der Waals surface area contributed by atoms with Gasteiger partial charge in [-0.3, -0.25) is 19.7 Å². The average molecular weight is 416 g/mol. The van der Waals surface area contributed by atoms with Crippen molar-refractivity contribution < 1.29 is 14.5 Å². The second-order valence-corrected chi connectivity index (χ2v) is 8.34. The lowest BCUT2D eigenvalue weighted by Crippen LogP contribution is -2.22. The Bertz CT molecular complexity index is 913. The van der Waals surface area contributed by atoms with Crippen molar-refractivity contribution in [2.45, 2.75) is 25.2 Å². The average Bonchev–Trinajstić information content (AvgIpc) is 2.67. The van der Waals surface area contributed by atoms with Crippen LogP contribution in [0.5, 0.6) is 0 Å². The fourth-order valence-corrected chi connectivity index (χ4v) is 3.77. The molecule has 2 amide bonds. The lowest BCUT2D eigenvalue weighted by atomic mass is 10.1. The van der Waals surface area contributed by atoms with Crippen molar-refractivity contribution in [2.75, 3.05) is 25.2 Å². The van der Waals surface area contributed by atoms with Crippen molar-refractivity contribution >= 4 is 35.0 Å². The molecule has 29 heavy (non-hydrogen) atoms. The number of carbonyl (C=O) groups is 2. The number of benzene rings is 2. The standard InChI is InChI=1S/C21H25N3O4S/c1-14(2)10-11-29-19-9-8-15(13-18(19)24(27)28)20(25)22-17-7-5-6-16(12-17)21(26)23(3)4/h5-9,12-14H,10-11H2,1-4H3,(H,22,25). The molecule has 0 saturated heterocycles. The van der Waals surface area contributed by atoms with Crippen molar-refractivity contribution in [3.05, 3.63) is 63.7 Å². The fourth-order valence-electron chi connectivity index (χ4n) is 2.52. The number of amides is 2. The maximum atomic E-state index is 12.6. The van der Waals surface area contributed by atoms with E-state index in [0.29, 0.717) is 22.1 Å². The Balaban J connectivity index is 2.18. The van der Waals surface area contributed by atoms with Crippen LogP contribution >= 0.6 is 11.8 Å². The minimum absolute atomic E-state index is 0.0806. The van der Waals surface area contributed by atoms with Crippen LogP contribution in [-0.2, 0) is 0 Å². The summed E-state index contributed by atoms with van der Waals surface area (Å²) in [5.74, 6) is 0.638. The van der Waals surface area contributed by atoms with E-state index >= 15 is 0 Å². The largest absolute Gasteiger partial charge is 0.345 e. The Morgan fingerprint density at radius 1 is 1.14 bits per heavy atom. The van der Waals surface area contributed by atoms with Crippen molar-refractivity contribution in [3.8, 4) is 0 Å². The molecule has 0 spiro atoms. The smallest absolute Gasteiger partial charge is 0.283 e. The highest BCUT2D eigenvalue weighted by atomic mass is 32.2. The molecule has 2 aromatic carbocycles. The molecule has 0 atom stereocenters. The molecule has 0 heterocycles. The Hall–Kier alpha value is -2.87. The maximum absolute atomic E-state index is 12.6. The first-order valence-electron chi connectivity index (χ1n) is 9.23. The van der Waals surface area contributed by atoms with Gasteiger partial charge in [-0.05, 0) is 48.4 Å². The first kappa shape index (κ1) is 22.4. The zero-order valence-corrected chi connectivity index (χ0v) is 17.8. The van der Waals surface area contributed by atoms with Crippen LogP contribution < -0.4 is 5.32 Å². The number of nitro groups is 1. The molecule has 0 unspecified atom stereocenters. The van der Waals surface area contributed by atoms with E-state index in [4.69, 9.17) is 0 Å². The number of nitrogens with zero attached hydrogens (tertiary/aromatic N) is 2. The lowest BCUT2D eigenvalue weighted by molar-refractivity contribution is -0.387. The number of nitro benzene ring substituents is 1. The zero-order valence-electron chi connectivity index (χ0n) is 17.0. The van der Waals surface area contributed by atoms with Gasteiger partial charge in [-0.1, -0.05) is 19.9 Å². The van der Waals surface area contributed by atoms with Gasteiger partial charge in [0, 0.05) is 37.0 Å². The molecule has 0 aliphatic carbocycles. The van der Waals surface area contributed by atoms with E-state index in [-0.39, 0.29) is 17.2 Å². The molecule has 7 nitrogen and oxygen atoms in total. The second kappa shape index (κ2) is 10.1. The molecule has 0 aromatic heterocycles. The predicted octanol–water partition coefficient (Wildman–Crippen LogP) is 4.69. The van der Waals surface area contributed by atoms with Crippen LogP contribution in [0.3, 0.4) is 0 Å². The van der Waals surface area contributed by atoms with Gasteiger partial charge < -0.3 is 10.2 Å². The van der Waals surface area contributed by atoms with Gasteiger partial charge in [-0.25, -0.2) is 0 Å². The quantitative estimate of drug-likeness (QED) is 0.384. The summed E-state index contributed by atoms with van der Waals surface area (Å²) in [6.45, 7) is 4.20. The van der Waals surface area contributed by atoms with Gasteiger partial charge in [0.2, 0.25) is 0 Å². The topological polar surface area (TPSA) is 92.6 Å². The maximum Gasteiger partial charge on any atom is 0.283 e. The van der Waals surface area contributed by atoms with Gasteiger partial charge in [0.1, 0.15) is 0 Å². The summed E-state index contributed by atoms with van der Waals surface area (Å²) in [5, 5.41) is 14.2. The van der Waals surface area contributed by atoms with Crippen molar-refractivity contribution in [1.29, 1.82) is 0 Å². The number of rotatable bonds is 8. The van der Waals surface area contributed by atoms with Crippen molar-refractivity contribution in [3.63, 3.8) is 0 Å². The van der Waals surface area contributed by atoms with E-state index < -0.39 is 10.8 Å². The highest BCUT2D eigenvalue weighted by Crippen LogP contribution is 2.31. The fraction of sp³-hybridized carbons (Fsp3) is 0.333. The second-order valence-electron chi connectivity index (χ2n) is 7.21. The summed E-state index contributed by atoms with van der Waals surface area (Å²) in [6.07, 6.45) is 0.950. The third-order valence-electron chi connectivity index (χ3n) is 4.14. The number of carbonyl (C=O) groups excluding carboxylic acids is 2. The Kier molecular flexibility index (Phi) is 7.78. The Morgan fingerprint density at radius 2 is 1.86 bits per heavy atom. The molecule has 2 rings (SSSR count). The monoisotopic (exact) mass is 415 g/mol. The number of hydrogen-bond acceptors (Lipinski definition) is 5. The number of nitrogens with one attached hydrogen (secondary N) is 1. The van der Waals surface area contributed by atoms with Crippen LogP contribution in [-0.4, -0.2) is 41.5 Å². The van der Waals surface area contributed by atoms with Crippen LogP contribution in [0.15, 0.2) is 47.4 Å². The minimum Gasteiger partial charge on any atom is -0.345 e. The molecule has 0 bridgehead atoms. The van der Waals surface area contributed by atoms with Crippen LogP contribution in [0.25, 0.3) is 0 Å². The molecular weight excluding hydrogens is 390 g/mol. The first-order chi connectivity index (χ1) is 13.7. The third kappa shape index (κ3) is 6.32. The molecule has 0 aliphatic heterocycles. The Morgan fingerprint density at radius 3 is 2.48 bits per heavy atom. The molecule has 1 N–H and O–H groups in total. The summed E-state index contributed by atoms with van der Waals surface area (Å²) < 4.78 is 0. The van der Waals surface area contributed by atoms with Gasteiger partial charge in [0.15, 0.2) is 0 Å². The van der Waals surface area contributed by atoms with E-state index in [2.05, 4.69) is 19.2 Å². The molecule has 154 valence electrons. The van der Waals surface area contributed by atoms with E-state index in [0.717, 1.165) is 12.2 Å². The van der Waals surface area contributed by atoms with Gasteiger partial charge in [-0.15, -0.1) is 11.8 Å². The van der Waals surface area contributed by atoms with E-state index in [1.165, 1.54) is 22.7 Å². The summed E-state index contributed by atoms with van der Waals surface area (Å²) in [5.41, 5.74) is 0.994. The summed E-state index contributed by atoms with van der Waals surface area (Å²) in [4.78, 5) is 37.6. The summed E-state index contributed by atoms with van der Waals surface area (Å²) in [7, 11) is 3.29.